The van der Waals surface area contributed by atoms with Crippen molar-refractivity contribution in [3.63, 3.8) is 0 Å². The van der Waals surface area contributed by atoms with Gasteiger partial charge in [-0.25, -0.2) is 0 Å². The molecule has 0 unspecified atom stereocenters. The molecule has 3 aromatic heterocycles. The molecule has 146 valence electrons. The number of H-pyrrole nitrogens is 1. The molecule has 2 N–H and O–H groups in total. The summed E-state index contributed by atoms with van der Waals surface area (Å²) < 4.78 is 1.90. The molecule has 5 rings (SSSR count). The first-order chi connectivity index (χ1) is 14.2. The summed E-state index contributed by atoms with van der Waals surface area (Å²) in [6, 6.07) is 13.3. The summed E-state index contributed by atoms with van der Waals surface area (Å²) >= 11 is 0. The van der Waals surface area contributed by atoms with Gasteiger partial charge in [-0.15, -0.1) is 10.2 Å². The fourth-order valence-electron chi connectivity index (χ4n) is 3.75. The molecule has 9 nitrogen and oxygen atoms in total. The van der Waals surface area contributed by atoms with Crippen LogP contribution in [0, 0.1) is 5.92 Å². The molecule has 4 aromatic rings. The summed E-state index contributed by atoms with van der Waals surface area (Å²) in [6.07, 6.45) is 2.64. The number of carbonyl (C=O) groups is 2. The summed E-state index contributed by atoms with van der Waals surface area (Å²) in [4.78, 5) is 26.7. The predicted octanol–water partition coefficient (Wildman–Crippen LogP) is 1.32. The number of para-hydroxylation sites is 1. The maximum atomic E-state index is 12.6. The Morgan fingerprint density at radius 3 is 2.97 bits per heavy atom. The van der Waals surface area contributed by atoms with Crippen molar-refractivity contribution >= 4 is 34.2 Å². The third kappa shape index (κ3) is 3.10. The molecule has 9 heteroatoms. The van der Waals surface area contributed by atoms with Gasteiger partial charge in [0, 0.05) is 37.5 Å². The number of hydrogen-bond acceptors (Lipinski definition) is 5. The van der Waals surface area contributed by atoms with E-state index in [1.165, 1.54) is 0 Å². The molecule has 0 aliphatic carbocycles. The smallest absolute Gasteiger partial charge is 0.229 e. The van der Waals surface area contributed by atoms with E-state index in [-0.39, 0.29) is 18.2 Å². The van der Waals surface area contributed by atoms with Crippen LogP contribution in [-0.4, -0.2) is 49.7 Å². The number of benzene rings is 1. The summed E-state index contributed by atoms with van der Waals surface area (Å²) in [6.45, 7) is 0.762. The molecule has 0 spiro atoms. The highest BCUT2D eigenvalue weighted by atomic mass is 16.2. The fourth-order valence-corrected chi connectivity index (χ4v) is 3.75. The average Bonchev–Trinajstić information content (AvgIpc) is 3.45. The second-order valence-electron chi connectivity index (χ2n) is 7.08. The number of amides is 2. The van der Waals surface area contributed by atoms with Gasteiger partial charge in [0.25, 0.3) is 0 Å². The Balaban J connectivity index is 1.22. The van der Waals surface area contributed by atoms with Crippen molar-refractivity contribution in [1.29, 1.82) is 0 Å². The first-order valence-electron chi connectivity index (χ1n) is 9.50. The number of pyridine rings is 1. The lowest BCUT2D eigenvalue weighted by Gasteiger charge is -2.14. The van der Waals surface area contributed by atoms with E-state index in [1.807, 2.05) is 53.1 Å². The summed E-state index contributed by atoms with van der Waals surface area (Å²) in [5, 5.41) is 19.3. The maximum absolute atomic E-state index is 12.6. The number of aromatic amines is 1. The van der Waals surface area contributed by atoms with Gasteiger partial charge < -0.3 is 5.32 Å². The number of nitrogens with one attached hydrogen (secondary N) is 2. The molecule has 1 aromatic carbocycles. The molecule has 2 amide bonds. The number of anilines is 1. The second kappa shape index (κ2) is 7.01. The van der Waals surface area contributed by atoms with Crippen molar-refractivity contribution in [2.45, 2.75) is 12.8 Å². The van der Waals surface area contributed by atoms with Crippen LogP contribution in [0.3, 0.4) is 0 Å². The number of carbonyl (C=O) groups excluding carboxylic acids is 2. The van der Waals surface area contributed by atoms with E-state index in [9.17, 15) is 9.59 Å². The number of hydrogen-bond donors (Lipinski definition) is 2. The van der Waals surface area contributed by atoms with Crippen LogP contribution in [0.1, 0.15) is 12.2 Å². The van der Waals surface area contributed by atoms with Gasteiger partial charge >= 0.3 is 0 Å². The van der Waals surface area contributed by atoms with Crippen LogP contribution in [0.5, 0.6) is 0 Å². The lowest BCUT2D eigenvalue weighted by Crippen LogP contribution is -2.34. The Morgan fingerprint density at radius 1 is 1.17 bits per heavy atom. The summed E-state index contributed by atoms with van der Waals surface area (Å²) in [7, 11) is 0. The van der Waals surface area contributed by atoms with Gasteiger partial charge in [-0.3, -0.25) is 24.0 Å². The number of rotatable bonds is 5. The van der Waals surface area contributed by atoms with Crippen LogP contribution in [0.25, 0.3) is 16.6 Å². The molecule has 1 saturated heterocycles. The van der Waals surface area contributed by atoms with Crippen LogP contribution in [-0.2, 0) is 16.0 Å². The zero-order chi connectivity index (χ0) is 19.8. The van der Waals surface area contributed by atoms with E-state index in [2.05, 4.69) is 25.7 Å². The van der Waals surface area contributed by atoms with E-state index in [0.29, 0.717) is 25.3 Å². The summed E-state index contributed by atoms with van der Waals surface area (Å²) in [5.41, 5.74) is 1.64. The van der Waals surface area contributed by atoms with E-state index in [4.69, 9.17) is 0 Å². The molecule has 1 fully saturated rings. The van der Waals surface area contributed by atoms with Gasteiger partial charge in [-0.1, -0.05) is 18.2 Å². The predicted molar refractivity (Wildman–Crippen MR) is 106 cm³/mol. The molecule has 29 heavy (non-hydrogen) atoms. The molecule has 1 aliphatic heterocycles. The third-order valence-electron chi connectivity index (χ3n) is 5.23. The molecule has 0 bridgehead atoms. The lowest BCUT2D eigenvalue weighted by molar-refractivity contribution is -0.126. The maximum Gasteiger partial charge on any atom is 0.229 e. The van der Waals surface area contributed by atoms with Crippen LogP contribution in [0.2, 0.25) is 0 Å². The Bertz CT molecular complexity index is 1210. The molecule has 0 radical (unpaired) electrons. The largest absolute Gasteiger partial charge is 0.355 e. The van der Waals surface area contributed by atoms with Crippen molar-refractivity contribution in [2.24, 2.45) is 5.92 Å². The van der Waals surface area contributed by atoms with Crippen molar-refractivity contribution < 1.29 is 9.59 Å². The monoisotopic (exact) mass is 389 g/mol. The molecular formula is C20H19N7O2. The molecule has 1 aliphatic rings. The standard InChI is InChI=1S/C20H19N7O2/c28-18-11-13(12-27(18)19-14-5-1-2-6-15(14)22-25-19)20(29)21-9-8-17-24-23-16-7-3-4-10-26(16)17/h1-7,10,13H,8-9,11-12H2,(H,21,29)(H,22,25)/t13-/m1/s1. The zero-order valence-corrected chi connectivity index (χ0v) is 15.6. The first kappa shape index (κ1) is 17.4. The van der Waals surface area contributed by atoms with Gasteiger partial charge in [0.05, 0.1) is 11.4 Å². The minimum atomic E-state index is -0.395. The number of nitrogens with zero attached hydrogens (tertiary/aromatic N) is 5. The minimum absolute atomic E-state index is 0.0918. The molecule has 4 heterocycles. The molecule has 0 saturated carbocycles. The Labute approximate surface area is 165 Å². The van der Waals surface area contributed by atoms with Gasteiger partial charge in [0.2, 0.25) is 11.8 Å². The van der Waals surface area contributed by atoms with Crippen LogP contribution < -0.4 is 10.2 Å². The minimum Gasteiger partial charge on any atom is -0.355 e. The first-order valence-corrected chi connectivity index (χ1v) is 9.50. The SMILES string of the molecule is O=C(NCCc1nnc2ccccn12)[C@@H]1CC(=O)N(c2n[nH]c3ccccc23)C1. The molecular weight excluding hydrogens is 370 g/mol. The van der Waals surface area contributed by atoms with E-state index in [0.717, 1.165) is 22.4 Å². The number of aromatic nitrogens is 5. The van der Waals surface area contributed by atoms with Crippen molar-refractivity contribution in [3.05, 3.63) is 54.5 Å². The van der Waals surface area contributed by atoms with Crippen LogP contribution >= 0.6 is 0 Å². The Kier molecular flexibility index (Phi) is 4.19. The lowest BCUT2D eigenvalue weighted by atomic mass is 10.1. The van der Waals surface area contributed by atoms with E-state index < -0.39 is 5.92 Å². The normalized spacial score (nSPS) is 16.8. The second-order valence-corrected chi connectivity index (χ2v) is 7.08. The van der Waals surface area contributed by atoms with Gasteiger partial charge in [-0.05, 0) is 24.3 Å². The highest BCUT2D eigenvalue weighted by molar-refractivity contribution is 6.05. The van der Waals surface area contributed by atoms with Crippen LogP contribution in [0.4, 0.5) is 5.82 Å². The third-order valence-corrected chi connectivity index (χ3v) is 5.23. The van der Waals surface area contributed by atoms with Gasteiger partial charge in [0.15, 0.2) is 11.5 Å². The number of fused-ring (bicyclic) bond motifs is 2. The highest BCUT2D eigenvalue weighted by Gasteiger charge is 2.36. The summed E-state index contributed by atoms with van der Waals surface area (Å²) in [5.74, 6) is 0.748. The van der Waals surface area contributed by atoms with Crippen molar-refractivity contribution in [3.8, 4) is 0 Å². The van der Waals surface area contributed by atoms with Gasteiger partial charge in [0.1, 0.15) is 5.82 Å². The van der Waals surface area contributed by atoms with Gasteiger partial charge in [-0.2, -0.15) is 5.10 Å². The fraction of sp³-hybridized carbons (Fsp3) is 0.250. The zero-order valence-electron chi connectivity index (χ0n) is 15.6. The Morgan fingerprint density at radius 2 is 2.03 bits per heavy atom. The highest BCUT2D eigenvalue weighted by Crippen LogP contribution is 2.29. The van der Waals surface area contributed by atoms with E-state index in [1.54, 1.807) is 4.90 Å². The topological polar surface area (TPSA) is 108 Å². The van der Waals surface area contributed by atoms with Crippen LogP contribution in [0.15, 0.2) is 48.7 Å². The molecule has 1 atom stereocenters. The average molecular weight is 389 g/mol. The quantitative estimate of drug-likeness (QED) is 0.535. The Hall–Kier alpha value is -3.75. The van der Waals surface area contributed by atoms with Crippen molar-refractivity contribution in [1.82, 2.24) is 30.1 Å². The van der Waals surface area contributed by atoms with Crippen molar-refractivity contribution in [2.75, 3.05) is 18.0 Å². The van der Waals surface area contributed by atoms with E-state index >= 15 is 0 Å².